The first-order chi connectivity index (χ1) is 30.9. The Labute approximate surface area is 393 Å². The Bertz CT molecular complexity index is 1330. The molecule has 0 radical (unpaired) electrons. The van der Waals surface area contributed by atoms with E-state index in [0.29, 0.717) is 30.3 Å². The number of phosphoric acid groups is 1. The molecular weight excluding hydrogens is 820 g/mol. The van der Waals surface area contributed by atoms with E-state index in [1.54, 1.807) is 0 Å². The first-order valence-corrected chi connectivity index (χ1v) is 27.3. The lowest BCUT2D eigenvalue weighted by Crippen LogP contribution is -2.47. The van der Waals surface area contributed by atoms with Gasteiger partial charge in [-0.3, -0.25) is 18.6 Å². The zero-order valence-corrected chi connectivity index (χ0v) is 42.9. The molecule has 3 unspecified atom stereocenters. The summed E-state index contributed by atoms with van der Waals surface area (Å²) in [6.45, 7) is 6.80. The molecule has 0 saturated heterocycles. The normalized spacial score (nSPS) is 14.5. The number of unbranched alkanes of at least 4 members (excludes halogenated alkanes) is 19. The van der Waals surface area contributed by atoms with Crippen LogP contribution >= 0.6 is 7.82 Å². The van der Waals surface area contributed by atoms with Crippen molar-refractivity contribution >= 4 is 19.7 Å². The molecule has 0 aliphatic rings. The molecule has 0 aromatic rings. The summed E-state index contributed by atoms with van der Waals surface area (Å²) >= 11 is 0. The van der Waals surface area contributed by atoms with Crippen LogP contribution in [0.1, 0.15) is 207 Å². The summed E-state index contributed by atoms with van der Waals surface area (Å²) in [4.78, 5) is 37.3. The summed E-state index contributed by atoms with van der Waals surface area (Å²) in [7, 11) is 1.44. The lowest BCUT2D eigenvalue weighted by atomic mass is 10.1. The number of nitrogens with zero attached hydrogens (tertiary/aromatic N) is 1. The van der Waals surface area contributed by atoms with Crippen molar-refractivity contribution in [3.05, 3.63) is 72.9 Å². The van der Waals surface area contributed by atoms with Crippen LogP contribution in [0.25, 0.3) is 0 Å². The lowest BCUT2D eigenvalue weighted by Gasteiger charge is -2.27. The number of hydrogen-bond acceptors (Lipinski definition) is 6. The molecule has 0 rings (SSSR count). The van der Waals surface area contributed by atoms with Crippen molar-refractivity contribution in [2.24, 2.45) is 0 Å². The van der Waals surface area contributed by atoms with Crippen LogP contribution in [0.2, 0.25) is 0 Å². The van der Waals surface area contributed by atoms with E-state index in [-0.39, 0.29) is 25.5 Å². The minimum Gasteiger partial charge on any atom is -0.456 e. The summed E-state index contributed by atoms with van der Waals surface area (Å²) < 4.78 is 30.4. The smallest absolute Gasteiger partial charge is 0.456 e. The fourth-order valence-electron chi connectivity index (χ4n) is 6.89. The van der Waals surface area contributed by atoms with Gasteiger partial charge in [-0.2, -0.15) is 0 Å². The van der Waals surface area contributed by atoms with Crippen LogP contribution in [0.15, 0.2) is 72.9 Å². The third-order valence-electron chi connectivity index (χ3n) is 10.9. The third-order valence-corrected chi connectivity index (χ3v) is 11.9. The molecule has 0 aromatic heterocycles. The van der Waals surface area contributed by atoms with Crippen molar-refractivity contribution in [2.75, 3.05) is 40.9 Å². The average molecular weight is 918 g/mol. The zero-order valence-electron chi connectivity index (χ0n) is 42.0. The van der Waals surface area contributed by atoms with Gasteiger partial charge in [-0.15, -0.1) is 0 Å². The van der Waals surface area contributed by atoms with E-state index in [2.05, 4.69) is 80.8 Å². The second-order valence-corrected chi connectivity index (χ2v) is 19.8. The Kier molecular flexibility index (Phi) is 42.5. The number of amides is 1. The summed E-state index contributed by atoms with van der Waals surface area (Å²) in [5, 5.41) is 3.00. The molecule has 0 bridgehead atoms. The molecular formula is C54H98N2O7P+. The van der Waals surface area contributed by atoms with Gasteiger partial charge in [-0.05, 0) is 83.1 Å². The highest BCUT2D eigenvalue weighted by atomic mass is 31.2. The highest BCUT2D eigenvalue weighted by Gasteiger charge is 2.30. The summed E-state index contributed by atoms with van der Waals surface area (Å²) in [5.74, 6) is -0.616. The lowest BCUT2D eigenvalue weighted by molar-refractivity contribution is -0.870. The van der Waals surface area contributed by atoms with Gasteiger partial charge in [-0.25, -0.2) is 4.57 Å². The van der Waals surface area contributed by atoms with Gasteiger partial charge in [0.05, 0.1) is 33.8 Å². The Balaban J connectivity index is 5.55. The minimum atomic E-state index is -4.46. The van der Waals surface area contributed by atoms with Crippen molar-refractivity contribution in [1.29, 1.82) is 0 Å². The molecule has 64 heavy (non-hydrogen) atoms. The Morgan fingerprint density at radius 1 is 0.562 bits per heavy atom. The summed E-state index contributed by atoms with van der Waals surface area (Å²) in [5.41, 5.74) is 0. The van der Waals surface area contributed by atoms with E-state index in [9.17, 15) is 19.0 Å². The van der Waals surface area contributed by atoms with E-state index >= 15 is 0 Å². The molecule has 3 atom stereocenters. The molecule has 370 valence electrons. The third kappa shape index (κ3) is 44.6. The fourth-order valence-corrected chi connectivity index (χ4v) is 7.62. The van der Waals surface area contributed by atoms with Crippen molar-refractivity contribution in [3.63, 3.8) is 0 Å². The van der Waals surface area contributed by atoms with E-state index in [1.165, 1.54) is 83.5 Å². The van der Waals surface area contributed by atoms with E-state index in [4.69, 9.17) is 13.8 Å². The standard InChI is InChI=1S/C54H97N2O7P/c1-7-10-13-16-19-22-25-27-29-31-34-37-40-43-46-53(57)55-51(50-62-64(59,60)61-49-48-56(4,5)6)52(45-42-39-36-33-30-24-21-18-15-12-9-3)63-54(58)47-44-41-38-35-32-28-26-23-20-17-14-11-8-2/h10,13,19,22,27-29,32,38,41-42,45,51-52H,7-9,11-12,14-18,20-21,23-26,30-31,33-37,39-40,43-44,46-50H2,1-6H3,(H-,55,57,59,60)/p+1/b13-10+,22-19+,29-27+,32-28-,41-38+,45-42+. The van der Waals surface area contributed by atoms with Crippen molar-refractivity contribution < 1.29 is 37.3 Å². The number of hydrogen-bond donors (Lipinski definition) is 2. The number of esters is 1. The minimum absolute atomic E-state index is 0.0254. The highest BCUT2D eigenvalue weighted by Crippen LogP contribution is 2.43. The number of ether oxygens (including phenoxy) is 1. The van der Waals surface area contributed by atoms with Gasteiger partial charge in [0.25, 0.3) is 0 Å². The molecule has 1 amide bonds. The zero-order chi connectivity index (χ0) is 47.3. The molecule has 9 nitrogen and oxygen atoms in total. The van der Waals surface area contributed by atoms with Crippen LogP contribution in [0.3, 0.4) is 0 Å². The SMILES string of the molecule is CC/C=C/C/C=C/C/C=C/CCCCCCC(=O)NC(COP(=O)(O)OCC[N+](C)(C)C)C(/C=C/CCCCCCCCCCC)OC(=O)CC/C=C/C/C=C\CCCCCCCC. The van der Waals surface area contributed by atoms with E-state index < -0.39 is 25.9 Å². The van der Waals surface area contributed by atoms with Crippen LogP contribution in [-0.4, -0.2) is 74.3 Å². The molecule has 10 heteroatoms. The molecule has 2 N–H and O–H groups in total. The largest absolute Gasteiger partial charge is 0.472 e. The van der Waals surface area contributed by atoms with E-state index in [1.807, 2.05) is 39.4 Å². The quantitative estimate of drug-likeness (QED) is 0.0206. The van der Waals surface area contributed by atoms with Crippen LogP contribution in [0, 0.1) is 0 Å². The van der Waals surface area contributed by atoms with E-state index in [0.717, 1.165) is 77.0 Å². The maximum Gasteiger partial charge on any atom is 0.472 e. The predicted molar refractivity (Wildman–Crippen MR) is 272 cm³/mol. The number of quaternary nitrogens is 1. The molecule has 0 aliphatic carbocycles. The molecule has 0 saturated carbocycles. The first-order valence-electron chi connectivity index (χ1n) is 25.8. The maximum absolute atomic E-state index is 13.4. The number of carbonyl (C=O) groups excluding carboxylic acids is 2. The Hall–Kier alpha value is -2.55. The molecule has 0 heterocycles. The van der Waals surface area contributed by atoms with Gasteiger partial charge < -0.3 is 19.4 Å². The number of allylic oxidation sites excluding steroid dienone is 11. The van der Waals surface area contributed by atoms with Crippen LogP contribution in [-0.2, 0) is 27.9 Å². The Morgan fingerprint density at radius 3 is 1.53 bits per heavy atom. The summed E-state index contributed by atoms with van der Waals surface area (Å²) in [6.07, 6.45) is 54.9. The maximum atomic E-state index is 13.4. The highest BCUT2D eigenvalue weighted by molar-refractivity contribution is 7.47. The van der Waals surface area contributed by atoms with Crippen molar-refractivity contribution in [2.45, 2.75) is 219 Å². The van der Waals surface area contributed by atoms with Crippen LogP contribution < -0.4 is 5.32 Å². The number of nitrogens with one attached hydrogen (secondary N) is 1. The van der Waals surface area contributed by atoms with Crippen LogP contribution in [0.4, 0.5) is 0 Å². The summed E-state index contributed by atoms with van der Waals surface area (Å²) in [6, 6.07) is -0.882. The topological polar surface area (TPSA) is 111 Å². The monoisotopic (exact) mass is 918 g/mol. The number of phosphoric ester groups is 1. The second-order valence-electron chi connectivity index (χ2n) is 18.3. The molecule has 0 aromatic carbocycles. The van der Waals surface area contributed by atoms with Gasteiger partial charge in [0.2, 0.25) is 5.91 Å². The fraction of sp³-hybridized carbons (Fsp3) is 0.741. The molecule has 0 fully saturated rings. The van der Waals surface area contributed by atoms with Gasteiger partial charge in [0, 0.05) is 12.8 Å². The molecule has 0 aliphatic heterocycles. The van der Waals surface area contributed by atoms with Gasteiger partial charge >= 0.3 is 13.8 Å². The number of likely N-dealkylation sites (N-methyl/N-ethyl adjacent to an activating group) is 1. The van der Waals surface area contributed by atoms with Crippen molar-refractivity contribution in [1.82, 2.24) is 5.32 Å². The Morgan fingerprint density at radius 2 is 1.02 bits per heavy atom. The van der Waals surface area contributed by atoms with Crippen LogP contribution in [0.5, 0.6) is 0 Å². The van der Waals surface area contributed by atoms with Gasteiger partial charge in [0.15, 0.2) is 0 Å². The second kappa shape index (κ2) is 44.3. The van der Waals surface area contributed by atoms with Gasteiger partial charge in [-0.1, -0.05) is 184 Å². The average Bonchev–Trinajstić information content (AvgIpc) is 3.25. The van der Waals surface area contributed by atoms with Gasteiger partial charge in [0.1, 0.15) is 19.3 Å². The first kappa shape index (κ1) is 61.5. The van der Waals surface area contributed by atoms with Crippen molar-refractivity contribution in [3.8, 4) is 0 Å². The predicted octanol–water partition coefficient (Wildman–Crippen LogP) is 14.9. The number of rotatable bonds is 45. The molecule has 0 spiro atoms. The number of carbonyl (C=O) groups is 2.